The number of likely N-dealkylation sites (N-methyl/N-ethyl adjacent to an activating group) is 1. The van der Waals surface area contributed by atoms with Gasteiger partial charge in [-0.2, -0.15) is 0 Å². The van der Waals surface area contributed by atoms with Gasteiger partial charge in [-0.15, -0.1) is 0 Å². The summed E-state index contributed by atoms with van der Waals surface area (Å²) >= 11 is 14.6. The summed E-state index contributed by atoms with van der Waals surface area (Å²) in [4.78, 5) is 27.8. The second kappa shape index (κ2) is 12.3. The molecular weight excluding hydrogens is 574 g/mol. The molecule has 33 heavy (non-hydrogen) atoms. The SMILES string of the molecule is CNC(=O)C(Cc1ccccc1)N(Cc1ccc(Cl)cc1Cl)C(=O)COc1ccc(I)cc1. The average molecular weight is 597 g/mol. The minimum atomic E-state index is -0.753. The lowest BCUT2D eigenvalue weighted by Gasteiger charge is -2.31. The molecule has 8 heteroatoms. The standard InChI is InChI=1S/C25H23Cl2IN2O3/c1-29-25(32)23(13-17-5-3-2-4-6-17)30(15-18-7-8-19(26)14-22(18)27)24(31)16-33-21-11-9-20(28)10-12-21/h2-12,14,23H,13,15-16H2,1H3,(H,29,32). The largest absolute Gasteiger partial charge is 0.484 e. The summed E-state index contributed by atoms with van der Waals surface area (Å²) < 4.78 is 6.79. The third-order valence-corrected chi connectivity index (χ3v) is 6.36. The molecule has 0 aliphatic heterocycles. The van der Waals surface area contributed by atoms with Crippen molar-refractivity contribution in [1.82, 2.24) is 10.2 Å². The van der Waals surface area contributed by atoms with Crippen LogP contribution in [0.25, 0.3) is 0 Å². The lowest BCUT2D eigenvalue weighted by Crippen LogP contribution is -2.51. The lowest BCUT2D eigenvalue weighted by molar-refractivity contribution is -0.142. The van der Waals surface area contributed by atoms with Crippen LogP contribution in [0.15, 0.2) is 72.8 Å². The number of amides is 2. The number of carbonyl (C=O) groups excluding carboxylic acids is 2. The molecule has 0 heterocycles. The van der Waals surface area contributed by atoms with E-state index in [-0.39, 0.29) is 25.0 Å². The fourth-order valence-electron chi connectivity index (χ4n) is 3.31. The fraction of sp³-hybridized carbons (Fsp3) is 0.200. The van der Waals surface area contributed by atoms with Crippen LogP contribution in [-0.2, 0) is 22.6 Å². The zero-order valence-electron chi connectivity index (χ0n) is 17.9. The number of ether oxygens (including phenoxy) is 1. The Labute approximate surface area is 217 Å². The van der Waals surface area contributed by atoms with Gasteiger partial charge < -0.3 is 15.0 Å². The van der Waals surface area contributed by atoms with E-state index >= 15 is 0 Å². The van der Waals surface area contributed by atoms with Gasteiger partial charge in [0.25, 0.3) is 5.91 Å². The van der Waals surface area contributed by atoms with Gasteiger partial charge in [0.05, 0.1) is 0 Å². The van der Waals surface area contributed by atoms with Crippen LogP contribution >= 0.6 is 45.8 Å². The molecule has 3 rings (SSSR count). The molecule has 0 bridgehead atoms. The Morgan fingerprint density at radius 3 is 2.36 bits per heavy atom. The maximum absolute atomic E-state index is 13.4. The normalized spacial score (nSPS) is 11.5. The van der Waals surface area contributed by atoms with Gasteiger partial charge in [-0.25, -0.2) is 0 Å². The topological polar surface area (TPSA) is 58.6 Å². The zero-order valence-corrected chi connectivity index (χ0v) is 21.6. The van der Waals surface area contributed by atoms with Crippen LogP contribution in [0.2, 0.25) is 10.0 Å². The van der Waals surface area contributed by atoms with Crippen molar-refractivity contribution in [2.45, 2.75) is 19.0 Å². The Bertz CT molecular complexity index is 1090. The highest BCUT2D eigenvalue weighted by Crippen LogP contribution is 2.24. The maximum Gasteiger partial charge on any atom is 0.261 e. The number of rotatable bonds is 9. The Balaban J connectivity index is 1.89. The van der Waals surface area contributed by atoms with E-state index in [4.69, 9.17) is 27.9 Å². The molecule has 3 aromatic carbocycles. The van der Waals surface area contributed by atoms with Crippen molar-refractivity contribution < 1.29 is 14.3 Å². The molecule has 1 N–H and O–H groups in total. The molecule has 5 nitrogen and oxygen atoms in total. The smallest absolute Gasteiger partial charge is 0.261 e. The van der Waals surface area contributed by atoms with Crippen LogP contribution in [0.4, 0.5) is 0 Å². The summed E-state index contributed by atoms with van der Waals surface area (Å²) in [5.41, 5.74) is 1.62. The predicted molar refractivity (Wildman–Crippen MR) is 140 cm³/mol. The zero-order chi connectivity index (χ0) is 23.8. The van der Waals surface area contributed by atoms with Gasteiger partial charge in [0.1, 0.15) is 11.8 Å². The number of hydrogen-bond donors (Lipinski definition) is 1. The van der Waals surface area contributed by atoms with Gasteiger partial charge >= 0.3 is 0 Å². The molecule has 172 valence electrons. The van der Waals surface area contributed by atoms with E-state index in [0.717, 1.165) is 9.13 Å². The van der Waals surface area contributed by atoms with E-state index in [1.54, 1.807) is 37.4 Å². The number of hydrogen-bond acceptors (Lipinski definition) is 3. The van der Waals surface area contributed by atoms with Gasteiger partial charge in [0.15, 0.2) is 6.61 Å². The lowest BCUT2D eigenvalue weighted by atomic mass is 10.0. The first-order chi connectivity index (χ1) is 15.9. The van der Waals surface area contributed by atoms with E-state index in [1.807, 2.05) is 42.5 Å². The van der Waals surface area contributed by atoms with Gasteiger partial charge in [0.2, 0.25) is 5.91 Å². The third kappa shape index (κ3) is 7.35. The molecule has 0 aromatic heterocycles. The predicted octanol–water partition coefficient (Wildman–Crippen LogP) is 5.36. The number of nitrogens with one attached hydrogen (secondary N) is 1. The van der Waals surface area contributed by atoms with Crippen LogP contribution in [0.5, 0.6) is 5.75 Å². The average Bonchev–Trinajstić information content (AvgIpc) is 2.82. The van der Waals surface area contributed by atoms with Crippen molar-refractivity contribution in [3.8, 4) is 5.75 Å². The number of nitrogens with zero attached hydrogens (tertiary/aromatic N) is 1. The number of benzene rings is 3. The first-order valence-corrected chi connectivity index (χ1v) is 12.1. The minimum Gasteiger partial charge on any atom is -0.484 e. The van der Waals surface area contributed by atoms with Crippen molar-refractivity contribution >= 4 is 57.6 Å². The van der Waals surface area contributed by atoms with Gasteiger partial charge in [-0.3, -0.25) is 9.59 Å². The highest BCUT2D eigenvalue weighted by Gasteiger charge is 2.30. The van der Waals surface area contributed by atoms with Crippen LogP contribution in [0, 0.1) is 3.57 Å². The Hall–Kier alpha value is -2.29. The van der Waals surface area contributed by atoms with E-state index in [9.17, 15) is 9.59 Å². The van der Waals surface area contributed by atoms with Crippen LogP contribution < -0.4 is 10.1 Å². The van der Waals surface area contributed by atoms with Crippen LogP contribution in [-0.4, -0.2) is 36.4 Å². The molecule has 0 fully saturated rings. The van der Waals surface area contributed by atoms with Gasteiger partial charge in [0, 0.05) is 33.6 Å². The Morgan fingerprint density at radius 1 is 1.03 bits per heavy atom. The van der Waals surface area contributed by atoms with Gasteiger partial charge in [-0.05, 0) is 70.1 Å². The van der Waals surface area contributed by atoms with E-state index in [1.165, 1.54) is 4.90 Å². The molecule has 0 aliphatic carbocycles. The molecule has 0 spiro atoms. The van der Waals surface area contributed by atoms with E-state index < -0.39 is 6.04 Å². The third-order valence-electron chi connectivity index (χ3n) is 5.05. The molecule has 2 amide bonds. The first kappa shape index (κ1) is 25.3. The molecule has 3 aromatic rings. The minimum absolute atomic E-state index is 0.135. The summed E-state index contributed by atoms with van der Waals surface area (Å²) in [6, 6.07) is 21.3. The first-order valence-electron chi connectivity index (χ1n) is 10.2. The Morgan fingerprint density at radius 2 is 1.73 bits per heavy atom. The summed E-state index contributed by atoms with van der Waals surface area (Å²) in [7, 11) is 1.56. The van der Waals surface area contributed by atoms with E-state index in [0.29, 0.717) is 27.8 Å². The summed E-state index contributed by atoms with van der Waals surface area (Å²) in [6.07, 6.45) is 0.348. The summed E-state index contributed by atoms with van der Waals surface area (Å²) in [6.45, 7) is -0.0795. The molecule has 0 radical (unpaired) electrons. The second-order valence-corrected chi connectivity index (χ2v) is 9.41. The molecule has 0 aliphatic rings. The molecule has 1 atom stereocenters. The van der Waals surface area contributed by atoms with Crippen molar-refractivity contribution in [2.75, 3.05) is 13.7 Å². The number of carbonyl (C=O) groups is 2. The molecule has 0 saturated heterocycles. The second-order valence-electron chi connectivity index (χ2n) is 7.32. The molecule has 1 unspecified atom stereocenters. The molecular formula is C25H23Cl2IN2O3. The van der Waals surface area contributed by atoms with Gasteiger partial charge in [-0.1, -0.05) is 59.6 Å². The van der Waals surface area contributed by atoms with E-state index in [2.05, 4.69) is 27.9 Å². The molecule has 0 saturated carbocycles. The summed E-state index contributed by atoms with van der Waals surface area (Å²) in [5, 5.41) is 3.60. The monoisotopic (exact) mass is 596 g/mol. The number of halogens is 3. The quantitative estimate of drug-likeness (QED) is 0.338. The highest BCUT2D eigenvalue weighted by atomic mass is 127. The van der Waals surface area contributed by atoms with Crippen molar-refractivity contribution in [3.63, 3.8) is 0 Å². The Kier molecular flexibility index (Phi) is 9.41. The fourth-order valence-corrected chi connectivity index (χ4v) is 4.14. The highest BCUT2D eigenvalue weighted by molar-refractivity contribution is 14.1. The summed E-state index contributed by atoms with van der Waals surface area (Å²) in [5.74, 6) is -0.0246. The van der Waals surface area contributed by atoms with Crippen molar-refractivity contribution in [3.05, 3.63) is 97.5 Å². The van der Waals surface area contributed by atoms with Crippen molar-refractivity contribution in [1.29, 1.82) is 0 Å². The van der Waals surface area contributed by atoms with Crippen molar-refractivity contribution in [2.24, 2.45) is 0 Å². The van der Waals surface area contributed by atoms with Crippen LogP contribution in [0.3, 0.4) is 0 Å². The maximum atomic E-state index is 13.4. The van der Waals surface area contributed by atoms with Crippen LogP contribution in [0.1, 0.15) is 11.1 Å².